The van der Waals surface area contributed by atoms with Crippen molar-refractivity contribution in [1.29, 1.82) is 0 Å². The average molecular weight is 389 g/mol. The summed E-state index contributed by atoms with van der Waals surface area (Å²) < 4.78 is 10.0. The van der Waals surface area contributed by atoms with E-state index in [-0.39, 0.29) is 24.8 Å². The van der Waals surface area contributed by atoms with E-state index >= 15 is 0 Å². The Labute approximate surface area is 160 Å². The summed E-state index contributed by atoms with van der Waals surface area (Å²) in [5.74, 6) is -0.691. The quantitative estimate of drug-likeness (QED) is 0.762. The number of hydrogen-bond acceptors (Lipinski definition) is 7. The van der Waals surface area contributed by atoms with Gasteiger partial charge in [0.05, 0.1) is 25.8 Å². The molecule has 27 heavy (non-hydrogen) atoms. The number of nitrogens with zero attached hydrogens (tertiary/aromatic N) is 2. The zero-order valence-corrected chi connectivity index (χ0v) is 15.7. The number of amides is 2. The Morgan fingerprint density at radius 3 is 2.74 bits per heavy atom. The minimum Gasteiger partial charge on any atom is -0.494 e. The zero-order chi connectivity index (χ0) is 19.4. The fourth-order valence-electron chi connectivity index (χ4n) is 2.76. The van der Waals surface area contributed by atoms with Crippen LogP contribution in [0.3, 0.4) is 0 Å². The van der Waals surface area contributed by atoms with Gasteiger partial charge in [-0.05, 0) is 31.2 Å². The van der Waals surface area contributed by atoms with E-state index < -0.39 is 11.9 Å². The molecule has 2 amide bonds. The molecule has 9 heteroatoms. The number of esters is 1. The van der Waals surface area contributed by atoms with E-state index in [0.29, 0.717) is 16.6 Å². The summed E-state index contributed by atoms with van der Waals surface area (Å²) in [6, 6.07) is 7.19. The van der Waals surface area contributed by atoms with Crippen LogP contribution < -0.4 is 15.0 Å². The third-order valence-corrected chi connectivity index (χ3v) is 4.97. The summed E-state index contributed by atoms with van der Waals surface area (Å²) >= 11 is 1.03. The number of methoxy groups -OCH3 is 1. The Bertz CT molecular complexity index is 849. The molecule has 0 spiro atoms. The Hall–Kier alpha value is -2.94. The molecule has 1 aliphatic rings. The van der Waals surface area contributed by atoms with Crippen molar-refractivity contribution in [1.82, 2.24) is 4.98 Å². The van der Waals surface area contributed by atoms with Crippen LogP contribution in [0, 0.1) is 5.92 Å². The molecule has 0 saturated carbocycles. The highest BCUT2D eigenvalue weighted by molar-refractivity contribution is 7.17. The molecule has 1 aromatic heterocycles. The first-order valence-electron chi connectivity index (χ1n) is 8.40. The topological polar surface area (TPSA) is 97.8 Å². The number of hydrogen-bond donors (Lipinski definition) is 1. The Kier molecular flexibility index (Phi) is 5.70. The summed E-state index contributed by atoms with van der Waals surface area (Å²) in [7, 11) is 1.28. The number of aromatic nitrogens is 1. The van der Waals surface area contributed by atoms with E-state index in [9.17, 15) is 14.4 Å². The van der Waals surface area contributed by atoms with Crippen LogP contribution in [0.2, 0.25) is 0 Å². The molecule has 2 aromatic rings. The molecule has 0 aliphatic carbocycles. The predicted octanol–water partition coefficient (Wildman–Crippen LogP) is 2.32. The smallest absolute Gasteiger partial charge is 0.349 e. The van der Waals surface area contributed by atoms with Gasteiger partial charge in [0.25, 0.3) is 0 Å². The van der Waals surface area contributed by atoms with Gasteiger partial charge in [-0.2, -0.15) is 0 Å². The molecule has 1 aromatic carbocycles. The van der Waals surface area contributed by atoms with Crippen LogP contribution in [-0.4, -0.2) is 43.0 Å². The maximum Gasteiger partial charge on any atom is 0.349 e. The summed E-state index contributed by atoms with van der Waals surface area (Å²) in [4.78, 5) is 42.1. The molecule has 1 unspecified atom stereocenters. The van der Waals surface area contributed by atoms with Gasteiger partial charge >= 0.3 is 5.97 Å². The minimum atomic E-state index is -0.509. The lowest BCUT2D eigenvalue weighted by atomic mass is 10.1. The first kappa shape index (κ1) is 18.8. The molecule has 1 N–H and O–H groups in total. The van der Waals surface area contributed by atoms with Crippen LogP contribution in [0.4, 0.5) is 10.8 Å². The molecule has 1 saturated heterocycles. The number of carbonyl (C=O) groups excluding carboxylic acids is 3. The molecule has 142 valence electrons. The average Bonchev–Trinajstić information content (AvgIpc) is 3.29. The summed E-state index contributed by atoms with van der Waals surface area (Å²) in [6.45, 7) is 2.75. The molecule has 2 heterocycles. The minimum absolute atomic E-state index is 0.117. The molecule has 8 nitrogen and oxygen atoms in total. The van der Waals surface area contributed by atoms with Gasteiger partial charge in [0, 0.05) is 18.7 Å². The number of benzene rings is 1. The fraction of sp³-hybridized carbons (Fsp3) is 0.333. The summed E-state index contributed by atoms with van der Waals surface area (Å²) in [5.41, 5.74) is 0.723. The lowest BCUT2D eigenvalue weighted by Crippen LogP contribution is -2.28. The van der Waals surface area contributed by atoms with Crippen LogP contribution >= 0.6 is 11.3 Å². The van der Waals surface area contributed by atoms with Gasteiger partial charge in [-0.15, -0.1) is 0 Å². The number of carbonyl (C=O) groups is 3. The summed E-state index contributed by atoms with van der Waals surface area (Å²) in [5, 5.41) is 2.96. The van der Waals surface area contributed by atoms with E-state index in [1.54, 1.807) is 29.2 Å². The Morgan fingerprint density at radius 2 is 2.07 bits per heavy atom. The predicted molar refractivity (Wildman–Crippen MR) is 100 cm³/mol. The van der Waals surface area contributed by atoms with Gasteiger partial charge in [0.15, 0.2) is 5.13 Å². The van der Waals surface area contributed by atoms with Gasteiger partial charge in [-0.25, -0.2) is 9.78 Å². The van der Waals surface area contributed by atoms with E-state index in [1.807, 2.05) is 6.92 Å². The zero-order valence-electron chi connectivity index (χ0n) is 14.9. The van der Waals surface area contributed by atoms with Gasteiger partial charge in [0.2, 0.25) is 11.8 Å². The van der Waals surface area contributed by atoms with Crippen LogP contribution in [0.1, 0.15) is 23.0 Å². The van der Waals surface area contributed by atoms with Crippen molar-refractivity contribution in [3.05, 3.63) is 35.3 Å². The highest BCUT2D eigenvalue weighted by atomic mass is 32.1. The van der Waals surface area contributed by atoms with Crippen LogP contribution in [0.5, 0.6) is 5.75 Å². The van der Waals surface area contributed by atoms with E-state index in [2.05, 4.69) is 15.0 Å². The van der Waals surface area contributed by atoms with Crippen molar-refractivity contribution in [2.45, 2.75) is 13.3 Å². The first-order valence-corrected chi connectivity index (χ1v) is 9.21. The van der Waals surface area contributed by atoms with Crippen molar-refractivity contribution in [2.24, 2.45) is 5.92 Å². The summed E-state index contributed by atoms with van der Waals surface area (Å²) in [6.07, 6.45) is 1.46. The Morgan fingerprint density at radius 1 is 1.33 bits per heavy atom. The fourth-order valence-corrected chi connectivity index (χ4v) is 3.49. The molecular weight excluding hydrogens is 370 g/mol. The van der Waals surface area contributed by atoms with Gasteiger partial charge in [0.1, 0.15) is 10.6 Å². The number of rotatable bonds is 6. The van der Waals surface area contributed by atoms with E-state index in [1.165, 1.54) is 13.3 Å². The second-order valence-electron chi connectivity index (χ2n) is 5.84. The maximum absolute atomic E-state index is 12.5. The lowest BCUT2D eigenvalue weighted by Gasteiger charge is -2.17. The number of nitrogens with one attached hydrogen (secondary N) is 1. The molecule has 1 aliphatic heterocycles. The van der Waals surface area contributed by atoms with Gasteiger partial charge in [-0.1, -0.05) is 11.3 Å². The van der Waals surface area contributed by atoms with Crippen molar-refractivity contribution >= 4 is 39.9 Å². The standard InChI is InChI=1S/C18H19N3O5S/c1-3-26-13-6-4-12(5-7-13)21-10-11(8-15(21)22)16(23)20-18-19-9-14(27-18)17(24)25-2/h4-7,9,11H,3,8,10H2,1-2H3,(H,19,20,23). The van der Waals surface area contributed by atoms with E-state index in [0.717, 1.165) is 22.8 Å². The molecule has 1 atom stereocenters. The molecule has 3 rings (SSSR count). The third kappa shape index (κ3) is 4.25. The highest BCUT2D eigenvalue weighted by Crippen LogP contribution is 2.28. The molecule has 1 fully saturated rings. The second kappa shape index (κ2) is 8.17. The molecule has 0 bridgehead atoms. The molecular formula is C18H19N3O5S. The maximum atomic E-state index is 12.5. The lowest BCUT2D eigenvalue weighted by molar-refractivity contribution is -0.122. The number of thiazole rings is 1. The first-order chi connectivity index (χ1) is 13.0. The van der Waals surface area contributed by atoms with Crippen LogP contribution in [-0.2, 0) is 14.3 Å². The van der Waals surface area contributed by atoms with Crippen LogP contribution in [0.15, 0.2) is 30.5 Å². The number of anilines is 2. The second-order valence-corrected chi connectivity index (χ2v) is 6.87. The normalized spacial score (nSPS) is 16.3. The third-order valence-electron chi connectivity index (χ3n) is 4.08. The van der Waals surface area contributed by atoms with Crippen molar-refractivity contribution in [3.8, 4) is 5.75 Å². The largest absolute Gasteiger partial charge is 0.494 e. The highest BCUT2D eigenvalue weighted by Gasteiger charge is 2.35. The Balaban J connectivity index is 1.63. The van der Waals surface area contributed by atoms with Gasteiger partial charge < -0.3 is 19.7 Å². The van der Waals surface area contributed by atoms with Crippen molar-refractivity contribution in [2.75, 3.05) is 30.5 Å². The van der Waals surface area contributed by atoms with Crippen molar-refractivity contribution < 1.29 is 23.9 Å². The number of ether oxygens (including phenoxy) is 2. The van der Waals surface area contributed by atoms with Crippen LogP contribution in [0.25, 0.3) is 0 Å². The van der Waals surface area contributed by atoms with E-state index in [4.69, 9.17) is 4.74 Å². The van der Waals surface area contributed by atoms with Crippen molar-refractivity contribution in [3.63, 3.8) is 0 Å². The SMILES string of the molecule is CCOc1ccc(N2CC(C(=O)Nc3ncc(C(=O)OC)s3)CC2=O)cc1. The molecule has 0 radical (unpaired) electrons. The monoisotopic (exact) mass is 389 g/mol. The van der Waals surface area contributed by atoms with Gasteiger partial charge in [-0.3, -0.25) is 9.59 Å².